The molecule has 1 N–H and O–H groups in total. The number of hydrogen-bond acceptors (Lipinski definition) is 3. The number of para-hydroxylation sites is 1. The Labute approximate surface area is 135 Å². The van der Waals surface area contributed by atoms with Crippen LogP contribution in [0.2, 0.25) is 0 Å². The van der Waals surface area contributed by atoms with E-state index in [1.807, 2.05) is 31.2 Å². The summed E-state index contributed by atoms with van der Waals surface area (Å²) in [7, 11) is 0. The average molecular weight is 314 g/mol. The van der Waals surface area contributed by atoms with Gasteiger partial charge in [-0.3, -0.25) is 9.59 Å². The Morgan fingerprint density at radius 2 is 1.96 bits per heavy atom. The van der Waals surface area contributed by atoms with E-state index in [0.29, 0.717) is 12.5 Å². The SMILES string of the molecule is CCOc1cccn(CC(=O)Nc2ccccc2C(C)C)c1=O. The third kappa shape index (κ3) is 4.22. The Kier molecular flexibility index (Phi) is 5.57. The zero-order chi connectivity index (χ0) is 16.8. The van der Waals surface area contributed by atoms with Crippen LogP contribution < -0.4 is 15.6 Å². The smallest absolute Gasteiger partial charge is 0.293 e. The summed E-state index contributed by atoms with van der Waals surface area (Å²) in [6.07, 6.45) is 1.58. The van der Waals surface area contributed by atoms with Crippen LogP contribution >= 0.6 is 0 Å². The number of aromatic nitrogens is 1. The number of amides is 1. The Morgan fingerprint density at radius 3 is 2.65 bits per heavy atom. The Hall–Kier alpha value is -2.56. The van der Waals surface area contributed by atoms with Gasteiger partial charge in [-0.15, -0.1) is 0 Å². The second-order valence-corrected chi connectivity index (χ2v) is 5.53. The van der Waals surface area contributed by atoms with Crippen molar-refractivity contribution < 1.29 is 9.53 Å². The number of rotatable bonds is 6. The fourth-order valence-corrected chi connectivity index (χ4v) is 2.36. The molecule has 0 aliphatic heterocycles. The average Bonchev–Trinajstić information content (AvgIpc) is 2.51. The number of pyridine rings is 1. The third-order valence-electron chi connectivity index (χ3n) is 3.46. The molecule has 23 heavy (non-hydrogen) atoms. The molecule has 0 aliphatic rings. The molecule has 0 unspecified atom stereocenters. The summed E-state index contributed by atoms with van der Waals surface area (Å²) in [5.74, 6) is 0.315. The molecule has 1 heterocycles. The predicted molar refractivity (Wildman–Crippen MR) is 91.0 cm³/mol. The second kappa shape index (κ2) is 7.63. The summed E-state index contributed by atoms with van der Waals surface area (Å²) >= 11 is 0. The number of carbonyl (C=O) groups is 1. The molecule has 1 aromatic heterocycles. The molecular weight excluding hydrogens is 292 g/mol. The minimum Gasteiger partial charge on any atom is -0.488 e. The van der Waals surface area contributed by atoms with Crippen LogP contribution in [0.5, 0.6) is 5.75 Å². The Morgan fingerprint density at radius 1 is 1.22 bits per heavy atom. The largest absolute Gasteiger partial charge is 0.488 e. The number of carbonyl (C=O) groups excluding carboxylic acids is 1. The molecule has 0 aliphatic carbocycles. The highest BCUT2D eigenvalue weighted by atomic mass is 16.5. The van der Waals surface area contributed by atoms with Crippen LogP contribution in [0.3, 0.4) is 0 Å². The molecule has 2 rings (SSSR count). The van der Waals surface area contributed by atoms with Gasteiger partial charge in [0.2, 0.25) is 5.91 Å². The van der Waals surface area contributed by atoms with Crippen molar-refractivity contribution in [1.29, 1.82) is 0 Å². The van der Waals surface area contributed by atoms with Crippen molar-refractivity contribution >= 4 is 11.6 Å². The van der Waals surface area contributed by atoms with Crippen LogP contribution in [0.25, 0.3) is 0 Å². The first-order valence-corrected chi connectivity index (χ1v) is 7.74. The van der Waals surface area contributed by atoms with Crippen molar-refractivity contribution in [3.8, 4) is 5.75 Å². The van der Waals surface area contributed by atoms with Crippen LogP contribution in [0.4, 0.5) is 5.69 Å². The molecular formula is C18H22N2O3. The van der Waals surface area contributed by atoms with E-state index in [-0.39, 0.29) is 23.8 Å². The monoisotopic (exact) mass is 314 g/mol. The van der Waals surface area contributed by atoms with Crippen molar-refractivity contribution in [2.75, 3.05) is 11.9 Å². The fraction of sp³-hybridized carbons (Fsp3) is 0.333. The van der Waals surface area contributed by atoms with Gasteiger partial charge in [-0.2, -0.15) is 0 Å². The quantitative estimate of drug-likeness (QED) is 0.891. The normalized spacial score (nSPS) is 10.6. The number of ether oxygens (including phenoxy) is 1. The lowest BCUT2D eigenvalue weighted by molar-refractivity contribution is -0.116. The van der Waals surface area contributed by atoms with Gasteiger partial charge in [-0.05, 0) is 36.6 Å². The van der Waals surface area contributed by atoms with Crippen molar-refractivity contribution in [3.63, 3.8) is 0 Å². The van der Waals surface area contributed by atoms with Gasteiger partial charge in [0.05, 0.1) is 6.61 Å². The first-order chi connectivity index (χ1) is 11.0. The van der Waals surface area contributed by atoms with E-state index in [9.17, 15) is 9.59 Å². The van der Waals surface area contributed by atoms with Gasteiger partial charge in [0.1, 0.15) is 6.54 Å². The second-order valence-electron chi connectivity index (χ2n) is 5.53. The lowest BCUT2D eigenvalue weighted by atomic mass is 10.0. The van der Waals surface area contributed by atoms with Gasteiger partial charge in [0, 0.05) is 11.9 Å². The van der Waals surface area contributed by atoms with E-state index in [4.69, 9.17) is 4.74 Å². The molecule has 0 atom stereocenters. The molecule has 0 fully saturated rings. The molecule has 1 aromatic carbocycles. The van der Waals surface area contributed by atoms with Crippen molar-refractivity contribution in [2.45, 2.75) is 33.2 Å². The van der Waals surface area contributed by atoms with E-state index < -0.39 is 0 Å². The van der Waals surface area contributed by atoms with Crippen LogP contribution in [-0.4, -0.2) is 17.1 Å². The first kappa shape index (κ1) is 16.8. The first-order valence-electron chi connectivity index (χ1n) is 7.74. The maximum absolute atomic E-state index is 12.3. The molecule has 5 heteroatoms. The molecule has 122 valence electrons. The number of nitrogens with zero attached hydrogens (tertiary/aromatic N) is 1. The van der Waals surface area contributed by atoms with Crippen LogP contribution in [0.1, 0.15) is 32.3 Å². The number of hydrogen-bond donors (Lipinski definition) is 1. The standard InChI is InChI=1S/C18H22N2O3/c1-4-23-16-10-7-11-20(18(16)22)12-17(21)19-15-9-6-5-8-14(15)13(2)3/h5-11,13H,4,12H2,1-3H3,(H,19,21). The summed E-state index contributed by atoms with van der Waals surface area (Å²) in [6.45, 7) is 6.31. The number of nitrogens with one attached hydrogen (secondary N) is 1. The molecule has 0 saturated heterocycles. The molecule has 5 nitrogen and oxygen atoms in total. The summed E-state index contributed by atoms with van der Waals surface area (Å²) in [4.78, 5) is 24.4. The minimum absolute atomic E-state index is 0.0494. The number of anilines is 1. The molecule has 1 amide bonds. The van der Waals surface area contributed by atoms with Gasteiger partial charge < -0.3 is 14.6 Å². The topological polar surface area (TPSA) is 60.3 Å². The summed E-state index contributed by atoms with van der Waals surface area (Å²) < 4.78 is 6.61. The highest BCUT2D eigenvalue weighted by Gasteiger charge is 2.11. The van der Waals surface area contributed by atoms with Gasteiger partial charge in [0.25, 0.3) is 5.56 Å². The fourth-order valence-electron chi connectivity index (χ4n) is 2.36. The van der Waals surface area contributed by atoms with Crippen molar-refractivity contribution in [3.05, 3.63) is 58.5 Å². The van der Waals surface area contributed by atoms with Crippen molar-refractivity contribution in [1.82, 2.24) is 4.57 Å². The zero-order valence-corrected chi connectivity index (χ0v) is 13.7. The van der Waals surface area contributed by atoms with Crippen LogP contribution in [-0.2, 0) is 11.3 Å². The molecule has 0 spiro atoms. The zero-order valence-electron chi connectivity index (χ0n) is 13.7. The van der Waals surface area contributed by atoms with E-state index in [0.717, 1.165) is 11.3 Å². The van der Waals surface area contributed by atoms with Gasteiger partial charge in [0.15, 0.2) is 5.75 Å². The van der Waals surface area contributed by atoms with E-state index in [2.05, 4.69) is 19.2 Å². The van der Waals surface area contributed by atoms with Crippen LogP contribution in [0.15, 0.2) is 47.4 Å². The summed E-state index contributed by atoms with van der Waals surface area (Å²) in [5.41, 5.74) is 1.54. The van der Waals surface area contributed by atoms with Gasteiger partial charge in [-0.1, -0.05) is 32.0 Å². The maximum atomic E-state index is 12.3. The molecule has 2 aromatic rings. The van der Waals surface area contributed by atoms with Gasteiger partial charge in [-0.25, -0.2) is 0 Å². The van der Waals surface area contributed by atoms with E-state index in [1.165, 1.54) is 4.57 Å². The predicted octanol–water partition coefficient (Wildman–Crippen LogP) is 3.01. The van der Waals surface area contributed by atoms with E-state index >= 15 is 0 Å². The van der Waals surface area contributed by atoms with Crippen LogP contribution in [0, 0.1) is 0 Å². The lowest BCUT2D eigenvalue weighted by Crippen LogP contribution is -2.28. The van der Waals surface area contributed by atoms with Gasteiger partial charge >= 0.3 is 0 Å². The highest BCUT2D eigenvalue weighted by molar-refractivity contribution is 5.91. The van der Waals surface area contributed by atoms with Crippen molar-refractivity contribution in [2.24, 2.45) is 0 Å². The Bertz CT molecular complexity index is 735. The Balaban J connectivity index is 2.15. The lowest BCUT2D eigenvalue weighted by Gasteiger charge is -2.14. The highest BCUT2D eigenvalue weighted by Crippen LogP contribution is 2.23. The van der Waals surface area contributed by atoms with E-state index in [1.54, 1.807) is 18.3 Å². The molecule has 0 radical (unpaired) electrons. The summed E-state index contributed by atoms with van der Waals surface area (Å²) in [6, 6.07) is 11.0. The number of benzene rings is 1. The third-order valence-corrected chi connectivity index (χ3v) is 3.46. The maximum Gasteiger partial charge on any atom is 0.293 e. The summed E-state index contributed by atoms with van der Waals surface area (Å²) in [5, 5.41) is 2.88. The molecule has 0 saturated carbocycles. The minimum atomic E-state index is -0.304. The molecule has 0 bridgehead atoms.